The lowest BCUT2D eigenvalue weighted by molar-refractivity contribution is 0.0953. The van der Waals surface area contributed by atoms with Gasteiger partial charge in [-0.2, -0.15) is 0 Å². The highest BCUT2D eigenvalue weighted by Gasteiger charge is 2.12. The van der Waals surface area contributed by atoms with Crippen LogP contribution in [-0.4, -0.2) is 31.6 Å². The molecule has 0 unspecified atom stereocenters. The summed E-state index contributed by atoms with van der Waals surface area (Å²) in [5.74, 6) is 1.21. The van der Waals surface area contributed by atoms with Crippen molar-refractivity contribution in [3.8, 4) is 11.5 Å². The molecular weight excluding hydrogens is 372 g/mol. The Morgan fingerprint density at radius 1 is 0.897 bits per heavy atom. The number of carbonyl (C=O) groups is 2. The maximum atomic E-state index is 12.3. The Labute approximate surface area is 167 Å². The fourth-order valence-electron chi connectivity index (χ4n) is 2.97. The van der Waals surface area contributed by atoms with E-state index in [1.807, 2.05) is 18.2 Å². The molecule has 2 N–H and O–H groups in total. The highest BCUT2D eigenvalue weighted by Crippen LogP contribution is 2.30. The summed E-state index contributed by atoms with van der Waals surface area (Å²) in [7, 11) is 0. The molecule has 1 aliphatic rings. The lowest BCUT2D eigenvalue weighted by Crippen LogP contribution is -2.25. The van der Waals surface area contributed by atoms with E-state index in [1.165, 1.54) is 6.26 Å². The third-order valence-corrected chi connectivity index (χ3v) is 4.46. The molecule has 1 aromatic heterocycles. The molecule has 2 heterocycles. The van der Waals surface area contributed by atoms with E-state index in [2.05, 4.69) is 10.6 Å². The van der Waals surface area contributed by atoms with Crippen LogP contribution in [0, 0.1) is 0 Å². The van der Waals surface area contributed by atoms with Crippen molar-refractivity contribution >= 4 is 17.5 Å². The number of hydrogen-bond donors (Lipinski definition) is 2. The normalized spacial score (nSPS) is 12.3. The van der Waals surface area contributed by atoms with Crippen LogP contribution in [0.25, 0.3) is 0 Å². The maximum absolute atomic E-state index is 12.3. The zero-order chi connectivity index (χ0) is 20.1. The van der Waals surface area contributed by atoms with Gasteiger partial charge in [-0.05, 0) is 60.5 Å². The molecule has 0 atom stereocenters. The van der Waals surface area contributed by atoms with Crippen LogP contribution in [0.4, 0.5) is 5.69 Å². The molecule has 7 nitrogen and oxygen atoms in total. The Bertz CT molecular complexity index is 997. The van der Waals surface area contributed by atoms with Crippen molar-refractivity contribution in [1.29, 1.82) is 0 Å². The Balaban J connectivity index is 1.28. The van der Waals surface area contributed by atoms with Gasteiger partial charge in [0, 0.05) is 17.8 Å². The highest BCUT2D eigenvalue weighted by molar-refractivity contribution is 6.02. The highest BCUT2D eigenvalue weighted by atomic mass is 16.6. The topological polar surface area (TPSA) is 89.8 Å². The van der Waals surface area contributed by atoms with Crippen LogP contribution < -0.4 is 20.1 Å². The number of amides is 2. The molecule has 148 valence electrons. The first-order valence-electron chi connectivity index (χ1n) is 9.31. The van der Waals surface area contributed by atoms with E-state index in [0.717, 1.165) is 17.1 Å². The van der Waals surface area contributed by atoms with Gasteiger partial charge in [0.1, 0.15) is 13.2 Å². The average molecular weight is 392 g/mol. The van der Waals surface area contributed by atoms with Gasteiger partial charge < -0.3 is 24.5 Å². The predicted octanol–water partition coefficient (Wildman–Crippen LogP) is 3.28. The smallest absolute Gasteiger partial charge is 0.291 e. The second-order valence-electron chi connectivity index (χ2n) is 6.49. The number of furan rings is 1. The van der Waals surface area contributed by atoms with Gasteiger partial charge in [0.05, 0.1) is 6.26 Å². The summed E-state index contributed by atoms with van der Waals surface area (Å²) in [6.45, 7) is 1.61. The van der Waals surface area contributed by atoms with Gasteiger partial charge in [-0.25, -0.2) is 0 Å². The third-order valence-electron chi connectivity index (χ3n) is 4.46. The standard InChI is InChI=1S/C22H20N2O5/c25-21(23-10-9-15-3-8-18-20(14-15)29-13-12-28-18)16-4-6-17(7-5-16)24-22(26)19-2-1-11-27-19/h1-8,11,14H,9-10,12-13H2,(H,23,25)(H,24,26). The van der Waals surface area contributed by atoms with Crippen molar-refractivity contribution in [3.05, 3.63) is 77.7 Å². The lowest BCUT2D eigenvalue weighted by Gasteiger charge is -2.18. The Morgan fingerprint density at radius 2 is 1.69 bits per heavy atom. The van der Waals surface area contributed by atoms with Crippen molar-refractivity contribution < 1.29 is 23.5 Å². The van der Waals surface area contributed by atoms with E-state index in [-0.39, 0.29) is 17.6 Å². The van der Waals surface area contributed by atoms with Crippen molar-refractivity contribution in [2.75, 3.05) is 25.1 Å². The van der Waals surface area contributed by atoms with Gasteiger partial charge in [-0.3, -0.25) is 9.59 Å². The second kappa shape index (κ2) is 8.52. The summed E-state index contributed by atoms with van der Waals surface area (Å²) < 4.78 is 16.1. The summed E-state index contributed by atoms with van der Waals surface area (Å²) in [5.41, 5.74) is 2.16. The number of anilines is 1. The largest absolute Gasteiger partial charge is 0.486 e. The molecule has 2 amide bonds. The van der Waals surface area contributed by atoms with E-state index in [0.29, 0.717) is 37.4 Å². The quantitative estimate of drug-likeness (QED) is 0.672. The minimum absolute atomic E-state index is 0.175. The fraction of sp³-hybridized carbons (Fsp3) is 0.182. The number of nitrogens with one attached hydrogen (secondary N) is 2. The first-order valence-corrected chi connectivity index (χ1v) is 9.31. The van der Waals surface area contributed by atoms with E-state index in [4.69, 9.17) is 13.9 Å². The molecule has 0 aliphatic carbocycles. The van der Waals surface area contributed by atoms with Crippen LogP contribution >= 0.6 is 0 Å². The van der Waals surface area contributed by atoms with Crippen molar-refractivity contribution in [3.63, 3.8) is 0 Å². The van der Waals surface area contributed by atoms with Gasteiger partial charge in [0.2, 0.25) is 0 Å². The first kappa shape index (κ1) is 18.6. The molecule has 7 heteroatoms. The molecule has 29 heavy (non-hydrogen) atoms. The average Bonchev–Trinajstić information content (AvgIpc) is 3.29. The number of benzene rings is 2. The number of fused-ring (bicyclic) bond motifs is 1. The van der Waals surface area contributed by atoms with E-state index in [1.54, 1.807) is 36.4 Å². The van der Waals surface area contributed by atoms with Crippen LogP contribution in [0.5, 0.6) is 11.5 Å². The van der Waals surface area contributed by atoms with Gasteiger partial charge in [0.25, 0.3) is 11.8 Å². The molecule has 0 spiro atoms. The minimum atomic E-state index is -0.341. The molecule has 2 aromatic carbocycles. The molecule has 3 aromatic rings. The van der Waals surface area contributed by atoms with Gasteiger partial charge >= 0.3 is 0 Å². The van der Waals surface area contributed by atoms with E-state index in [9.17, 15) is 9.59 Å². The summed E-state index contributed by atoms with van der Waals surface area (Å²) in [5, 5.41) is 5.61. The summed E-state index contributed by atoms with van der Waals surface area (Å²) in [6.07, 6.45) is 2.12. The van der Waals surface area contributed by atoms with Crippen LogP contribution in [0.1, 0.15) is 26.5 Å². The van der Waals surface area contributed by atoms with Crippen molar-refractivity contribution in [1.82, 2.24) is 5.32 Å². The first-order chi connectivity index (χ1) is 14.2. The Hall–Kier alpha value is -3.74. The number of hydrogen-bond acceptors (Lipinski definition) is 5. The molecule has 4 rings (SSSR count). The zero-order valence-electron chi connectivity index (χ0n) is 15.6. The zero-order valence-corrected chi connectivity index (χ0v) is 15.6. The van der Waals surface area contributed by atoms with E-state index < -0.39 is 0 Å². The second-order valence-corrected chi connectivity index (χ2v) is 6.49. The van der Waals surface area contributed by atoms with Crippen LogP contribution in [0.2, 0.25) is 0 Å². The minimum Gasteiger partial charge on any atom is -0.486 e. The molecule has 0 saturated heterocycles. The Morgan fingerprint density at radius 3 is 2.45 bits per heavy atom. The molecule has 0 fully saturated rings. The fourth-order valence-corrected chi connectivity index (χ4v) is 2.97. The summed E-state index contributed by atoms with van der Waals surface area (Å²) in [4.78, 5) is 24.3. The van der Waals surface area contributed by atoms with Gasteiger partial charge in [-0.15, -0.1) is 0 Å². The molecule has 1 aliphatic heterocycles. The predicted molar refractivity (Wildman–Crippen MR) is 107 cm³/mol. The third kappa shape index (κ3) is 4.57. The molecule has 0 radical (unpaired) electrons. The monoisotopic (exact) mass is 392 g/mol. The van der Waals surface area contributed by atoms with Crippen molar-refractivity contribution in [2.45, 2.75) is 6.42 Å². The SMILES string of the molecule is O=C(NCCc1ccc2c(c1)OCCO2)c1ccc(NC(=O)c2ccco2)cc1. The van der Waals surface area contributed by atoms with Crippen LogP contribution in [-0.2, 0) is 6.42 Å². The maximum Gasteiger partial charge on any atom is 0.291 e. The lowest BCUT2D eigenvalue weighted by atomic mass is 10.1. The Kier molecular flexibility index (Phi) is 5.47. The van der Waals surface area contributed by atoms with E-state index >= 15 is 0 Å². The van der Waals surface area contributed by atoms with Crippen LogP contribution in [0.3, 0.4) is 0 Å². The molecule has 0 saturated carbocycles. The molecular formula is C22H20N2O5. The number of ether oxygens (including phenoxy) is 2. The van der Waals surface area contributed by atoms with Crippen molar-refractivity contribution in [2.24, 2.45) is 0 Å². The number of carbonyl (C=O) groups excluding carboxylic acids is 2. The molecule has 0 bridgehead atoms. The summed E-state index contributed by atoms with van der Waals surface area (Å²) in [6, 6.07) is 15.7. The summed E-state index contributed by atoms with van der Waals surface area (Å²) >= 11 is 0. The van der Waals surface area contributed by atoms with Crippen LogP contribution in [0.15, 0.2) is 65.3 Å². The number of rotatable bonds is 6. The van der Waals surface area contributed by atoms with Gasteiger partial charge in [-0.1, -0.05) is 6.07 Å². The van der Waals surface area contributed by atoms with Gasteiger partial charge in [0.15, 0.2) is 17.3 Å².